The molecule has 48 heavy (non-hydrogen) atoms. The molecule has 1 aliphatic rings. The molecular weight excluding hydrogens is 628 g/mol. The zero-order chi connectivity index (χ0) is 36.4. The lowest BCUT2D eigenvalue weighted by molar-refractivity contribution is -0.188. The summed E-state index contributed by atoms with van der Waals surface area (Å²) >= 11 is 0. The Balaban J connectivity index is 2.95. The number of hydrogen-bond acceptors (Lipinski definition) is 13. The van der Waals surface area contributed by atoms with Gasteiger partial charge >= 0.3 is 35.8 Å². The minimum absolute atomic E-state index is 0.0582. The lowest BCUT2D eigenvalue weighted by Gasteiger charge is -2.34. The fraction of sp³-hybridized carbons (Fsp3) is 0.771. The Kier molecular flexibility index (Phi) is 19.7. The van der Waals surface area contributed by atoms with Gasteiger partial charge in [-0.15, -0.1) is 0 Å². The predicted molar refractivity (Wildman–Crippen MR) is 173 cm³/mol. The molecule has 0 N–H and O–H groups in total. The molecule has 13 heteroatoms. The van der Waals surface area contributed by atoms with Crippen molar-refractivity contribution < 1.29 is 61.9 Å². The summed E-state index contributed by atoms with van der Waals surface area (Å²) in [6.07, 6.45) is 2.67. The van der Waals surface area contributed by atoms with Gasteiger partial charge in [0.05, 0.1) is 19.8 Å². The number of unbranched alkanes of at least 4 members (excludes halogenated alkanes) is 5. The van der Waals surface area contributed by atoms with Crippen LogP contribution in [0.15, 0.2) is 11.6 Å². The van der Waals surface area contributed by atoms with Gasteiger partial charge in [-0.05, 0) is 39.0 Å². The van der Waals surface area contributed by atoms with E-state index in [9.17, 15) is 28.8 Å². The number of rotatable bonds is 21. The molecule has 1 fully saturated rings. The monoisotopic (exact) mass is 684 g/mol. The highest BCUT2D eigenvalue weighted by molar-refractivity contribution is 5.82. The highest BCUT2D eigenvalue weighted by Gasteiger charge is 2.48. The minimum atomic E-state index is -1.04. The average molecular weight is 685 g/mol. The summed E-state index contributed by atoms with van der Waals surface area (Å²) < 4.78 is 38.7. The van der Waals surface area contributed by atoms with Crippen molar-refractivity contribution in [1.82, 2.24) is 0 Å². The minimum Gasteiger partial charge on any atom is -0.469 e. The molecule has 8 atom stereocenters. The number of ether oxygens (including phenoxy) is 7. The maximum atomic E-state index is 12.5. The molecule has 0 aromatic carbocycles. The van der Waals surface area contributed by atoms with Crippen molar-refractivity contribution in [2.24, 2.45) is 11.8 Å². The molecule has 1 heterocycles. The normalized spacial score (nSPS) is 20.8. The first-order chi connectivity index (χ1) is 22.5. The first-order valence-electron chi connectivity index (χ1n) is 16.8. The van der Waals surface area contributed by atoms with Gasteiger partial charge in [-0.3, -0.25) is 24.0 Å². The molecule has 13 nitrogen and oxygen atoms in total. The van der Waals surface area contributed by atoms with Gasteiger partial charge in [0.15, 0.2) is 6.10 Å². The molecule has 0 bridgehead atoms. The summed E-state index contributed by atoms with van der Waals surface area (Å²) in [6.45, 7) is 12.4. The third kappa shape index (κ3) is 16.6. The van der Waals surface area contributed by atoms with Gasteiger partial charge in [-0.25, -0.2) is 4.79 Å². The van der Waals surface area contributed by atoms with Crippen molar-refractivity contribution in [2.45, 2.75) is 150 Å². The van der Waals surface area contributed by atoms with E-state index in [-0.39, 0.29) is 24.9 Å². The second-order valence-corrected chi connectivity index (χ2v) is 12.6. The number of esters is 6. The molecule has 0 radical (unpaired) electrons. The lowest BCUT2D eigenvalue weighted by atomic mass is 9.88. The van der Waals surface area contributed by atoms with Crippen LogP contribution in [0.1, 0.15) is 113 Å². The van der Waals surface area contributed by atoms with E-state index in [1.165, 1.54) is 40.9 Å². The smallest absolute Gasteiger partial charge is 0.330 e. The molecule has 1 aliphatic heterocycles. The van der Waals surface area contributed by atoms with Crippen LogP contribution in [-0.4, -0.2) is 86.2 Å². The number of carbonyl (C=O) groups excluding carboxylic acids is 6. The van der Waals surface area contributed by atoms with Crippen LogP contribution in [0.2, 0.25) is 0 Å². The summed E-state index contributed by atoms with van der Waals surface area (Å²) in [5.41, 5.74) is 0.540. The number of methoxy groups -OCH3 is 1. The van der Waals surface area contributed by atoms with Gasteiger partial charge < -0.3 is 33.2 Å². The van der Waals surface area contributed by atoms with Crippen LogP contribution in [0.5, 0.6) is 0 Å². The van der Waals surface area contributed by atoms with Crippen LogP contribution in [0.3, 0.4) is 0 Å². The Morgan fingerprint density at radius 2 is 1.29 bits per heavy atom. The van der Waals surface area contributed by atoms with Gasteiger partial charge in [-0.2, -0.15) is 0 Å². The molecule has 0 spiro atoms. The van der Waals surface area contributed by atoms with E-state index >= 15 is 0 Å². The van der Waals surface area contributed by atoms with Crippen molar-refractivity contribution in [3.63, 3.8) is 0 Å². The number of carbonyl (C=O) groups is 6. The SMILES string of the molecule is COC(=O)CCCCCCCCOC(=O)/C=C(\C)C[C@H](OC(C)=O)[C@H](OC(C)=O)[C@@H]1O[C@@H]([C@@H](OC(C)=O)[C@@H](C)[C@H](C)OC(C)=O)C[C@H]1C. The van der Waals surface area contributed by atoms with E-state index in [0.717, 1.165) is 32.1 Å². The largest absolute Gasteiger partial charge is 0.469 e. The molecule has 0 aromatic rings. The molecule has 0 aromatic heterocycles. The highest BCUT2D eigenvalue weighted by atomic mass is 16.6. The van der Waals surface area contributed by atoms with Gasteiger partial charge in [-0.1, -0.05) is 45.1 Å². The van der Waals surface area contributed by atoms with Gasteiger partial charge in [0.25, 0.3) is 0 Å². The second-order valence-electron chi connectivity index (χ2n) is 12.6. The Labute approximate surface area is 284 Å². The summed E-state index contributed by atoms with van der Waals surface area (Å²) in [5, 5.41) is 0. The summed E-state index contributed by atoms with van der Waals surface area (Å²) in [6, 6.07) is 0. The first-order valence-corrected chi connectivity index (χ1v) is 16.8. The topological polar surface area (TPSA) is 167 Å². The van der Waals surface area contributed by atoms with E-state index in [1.807, 2.05) is 6.92 Å². The highest BCUT2D eigenvalue weighted by Crippen LogP contribution is 2.37. The Hall–Kier alpha value is -3.48. The molecule has 1 saturated heterocycles. The summed E-state index contributed by atoms with van der Waals surface area (Å²) in [5.74, 6) is -3.63. The van der Waals surface area contributed by atoms with Crippen molar-refractivity contribution in [3.05, 3.63) is 11.6 Å². The van der Waals surface area contributed by atoms with Crippen molar-refractivity contribution in [3.8, 4) is 0 Å². The quantitative estimate of drug-likeness (QED) is 0.0690. The third-order valence-corrected chi connectivity index (χ3v) is 8.22. The Morgan fingerprint density at radius 1 is 0.750 bits per heavy atom. The van der Waals surface area contributed by atoms with Crippen molar-refractivity contribution in [2.75, 3.05) is 13.7 Å². The standard InChI is InChI=1S/C35H56O13/c1-21(19-32(41)43-17-15-13-11-10-12-14-16-31(40)42-9)18-29(45-26(6)37)35(47-28(8)39)33-22(2)20-30(48-33)34(46-27(7)38)23(3)24(4)44-25(5)36/h19,22-24,29-30,33-35H,10-18,20H2,1-9H3/b21-19+/t22-,23+,24+,29+,30-,33-,34+,35+/m1/s1. The van der Waals surface area contributed by atoms with Crippen LogP contribution in [0, 0.1) is 11.8 Å². The Morgan fingerprint density at radius 3 is 1.85 bits per heavy atom. The summed E-state index contributed by atoms with van der Waals surface area (Å²) in [7, 11) is 1.38. The van der Waals surface area contributed by atoms with Crippen LogP contribution in [0.25, 0.3) is 0 Å². The van der Waals surface area contributed by atoms with Crippen molar-refractivity contribution >= 4 is 35.8 Å². The maximum Gasteiger partial charge on any atom is 0.330 e. The molecule has 274 valence electrons. The van der Waals surface area contributed by atoms with Crippen molar-refractivity contribution in [1.29, 1.82) is 0 Å². The maximum absolute atomic E-state index is 12.5. The Bertz CT molecular complexity index is 1100. The summed E-state index contributed by atoms with van der Waals surface area (Å²) in [4.78, 5) is 71.8. The van der Waals surface area contributed by atoms with E-state index in [1.54, 1.807) is 20.8 Å². The lowest BCUT2D eigenvalue weighted by Crippen LogP contribution is -2.47. The third-order valence-electron chi connectivity index (χ3n) is 8.22. The average Bonchev–Trinajstić information content (AvgIpc) is 3.36. The van der Waals surface area contributed by atoms with Crippen LogP contribution < -0.4 is 0 Å². The van der Waals surface area contributed by atoms with Crippen LogP contribution in [0.4, 0.5) is 0 Å². The zero-order valence-corrected chi connectivity index (χ0v) is 30.1. The van der Waals surface area contributed by atoms with Gasteiger partial charge in [0.1, 0.15) is 24.4 Å². The van der Waals surface area contributed by atoms with E-state index in [0.29, 0.717) is 24.8 Å². The molecule has 0 unspecified atom stereocenters. The van der Waals surface area contributed by atoms with Crippen LogP contribution in [-0.2, 0) is 61.9 Å². The predicted octanol–water partition coefficient (Wildman–Crippen LogP) is 4.95. The fourth-order valence-corrected chi connectivity index (χ4v) is 5.81. The first kappa shape index (κ1) is 42.5. The molecule has 1 rings (SSSR count). The van der Waals surface area contributed by atoms with Gasteiger partial charge in [0.2, 0.25) is 0 Å². The van der Waals surface area contributed by atoms with E-state index in [2.05, 4.69) is 4.74 Å². The molecule has 0 aliphatic carbocycles. The fourth-order valence-electron chi connectivity index (χ4n) is 5.81. The number of hydrogen-bond donors (Lipinski definition) is 0. The van der Waals surface area contributed by atoms with E-state index in [4.69, 9.17) is 28.4 Å². The molecular formula is C35H56O13. The van der Waals surface area contributed by atoms with Crippen LogP contribution >= 0.6 is 0 Å². The van der Waals surface area contributed by atoms with Gasteiger partial charge in [0, 0.05) is 52.5 Å². The van der Waals surface area contributed by atoms with E-state index < -0.39 is 72.4 Å². The molecule has 0 saturated carbocycles. The second kappa shape index (κ2) is 22.2. The molecule has 0 amide bonds. The zero-order valence-electron chi connectivity index (χ0n) is 30.1.